The van der Waals surface area contributed by atoms with Gasteiger partial charge in [-0.25, -0.2) is 10.2 Å². The fourth-order valence-electron chi connectivity index (χ4n) is 4.29. The number of carbonyl (C=O) groups is 3. The third-order valence-corrected chi connectivity index (χ3v) is 5.90. The van der Waals surface area contributed by atoms with Crippen LogP contribution in [-0.2, 0) is 4.79 Å². The van der Waals surface area contributed by atoms with Gasteiger partial charge in [-0.2, -0.15) is 5.10 Å². The molecular formula is C23H22N6O4. The number of anilines is 1. The van der Waals surface area contributed by atoms with Crippen molar-refractivity contribution in [3.63, 3.8) is 0 Å². The Morgan fingerprint density at radius 2 is 1.85 bits per heavy atom. The summed E-state index contributed by atoms with van der Waals surface area (Å²) in [6, 6.07) is 13.2. The van der Waals surface area contributed by atoms with Crippen molar-refractivity contribution in [3.05, 3.63) is 53.6 Å². The average Bonchev–Trinajstić information content (AvgIpc) is 3.08. The Kier molecular flexibility index (Phi) is 5.27. The highest BCUT2D eigenvalue weighted by molar-refractivity contribution is 6.18. The number of aromatic nitrogens is 1. The number of aromatic amines is 1. The van der Waals surface area contributed by atoms with Gasteiger partial charge < -0.3 is 20.3 Å². The first-order valence-corrected chi connectivity index (χ1v) is 10.6. The number of carbonyl (C=O) groups excluding carboxylic acids is 2. The molecule has 4 N–H and O–H groups in total. The molecule has 10 heteroatoms. The van der Waals surface area contributed by atoms with Gasteiger partial charge in [0.15, 0.2) is 0 Å². The van der Waals surface area contributed by atoms with Gasteiger partial charge in [0, 0.05) is 48.3 Å². The lowest BCUT2D eigenvalue weighted by Gasteiger charge is -2.32. The predicted octanol–water partition coefficient (Wildman–Crippen LogP) is 2.15. The van der Waals surface area contributed by atoms with Gasteiger partial charge in [-0.15, -0.1) is 0 Å². The zero-order chi connectivity index (χ0) is 22.9. The molecule has 168 valence electrons. The third-order valence-electron chi connectivity index (χ3n) is 5.90. The minimum Gasteiger partial charge on any atom is -0.465 e. The molecule has 0 spiro atoms. The Morgan fingerprint density at radius 3 is 2.58 bits per heavy atom. The molecule has 0 saturated carbocycles. The second-order valence-corrected chi connectivity index (χ2v) is 8.02. The van der Waals surface area contributed by atoms with Crippen molar-refractivity contribution in [2.45, 2.75) is 0 Å². The molecule has 1 fully saturated rings. The number of rotatable bonds is 4. The van der Waals surface area contributed by atoms with Gasteiger partial charge in [0.1, 0.15) is 0 Å². The highest BCUT2D eigenvalue weighted by atomic mass is 16.4. The molecule has 2 aliphatic heterocycles. The number of hydrogen-bond donors (Lipinski definition) is 4. The molecule has 2 aromatic carbocycles. The number of benzene rings is 2. The first-order chi connectivity index (χ1) is 16.0. The maximum atomic E-state index is 12.7. The number of nitrogens with one attached hydrogen (secondary N) is 3. The second-order valence-electron chi connectivity index (χ2n) is 8.02. The number of nitrogens with zero attached hydrogens (tertiary/aromatic N) is 3. The van der Waals surface area contributed by atoms with Gasteiger partial charge in [-0.05, 0) is 17.7 Å². The first kappa shape index (κ1) is 20.7. The van der Waals surface area contributed by atoms with Crippen molar-refractivity contribution in [1.82, 2.24) is 20.2 Å². The van der Waals surface area contributed by atoms with Crippen LogP contribution in [0.15, 0.2) is 47.6 Å². The van der Waals surface area contributed by atoms with Crippen molar-refractivity contribution in [2.75, 3.05) is 38.0 Å². The third kappa shape index (κ3) is 4.03. The highest BCUT2D eigenvalue weighted by Gasteiger charge is 2.24. The summed E-state index contributed by atoms with van der Waals surface area (Å²) in [7, 11) is 0. The van der Waals surface area contributed by atoms with Gasteiger partial charge >= 0.3 is 6.09 Å². The topological polar surface area (TPSA) is 130 Å². The summed E-state index contributed by atoms with van der Waals surface area (Å²) in [6.45, 7) is 1.86. The molecule has 0 radical (unpaired) electrons. The van der Waals surface area contributed by atoms with E-state index in [-0.39, 0.29) is 18.4 Å². The van der Waals surface area contributed by atoms with Gasteiger partial charge in [0.25, 0.3) is 5.91 Å². The Hall–Kier alpha value is -4.18. The van der Waals surface area contributed by atoms with Crippen molar-refractivity contribution in [3.8, 4) is 11.3 Å². The van der Waals surface area contributed by atoms with Crippen LogP contribution in [0.2, 0.25) is 0 Å². The fourth-order valence-corrected chi connectivity index (χ4v) is 4.29. The van der Waals surface area contributed by atoms with E-state index in [1.54, 1.807) is 12.3 Å². The SMILES string of the molecule is O=C(CN1CCN(C(=O)O)CC1)Nc1cc2c3c(c(-c4ccccc4)[nH]c3c1)C=NNC2=O. The standard InChI is InChI=1S/C23H22N6O4/c30-19(13-28-6-8-29(9-7-28)23(32)33)25-15-10-16-20-17(12-24-27-22(16)31)21(26-18(20)11-15)14-4-2-1-3-5-14/h1-5,10-12,26H,6-9,13H2,(H,25,30)(H,27,31)(H,32,33). The fraction of sp³-hybridized carbons (Fsp3) is 0.217. The molecule has 3 heterocycles. The molecule has 0 aliphatic carbocycles. The van der Waals surface area contributed by atoms with E-state index in [4.69, 9.17) is 5.11 Å². The van der Waals surface area contributed by atoms with Crippen LogP contribution in [-0.4, -0.2) is 76.7 Å². The van der Waals surface area contributed by atoms with Crippen LogP contribution in [0.5, 0.6) is 0 Å². The van der Waals surface area contributed by atoms with Crippen LogP contribution in [0.3, 0.4) is 0 Å². The molecule has 33 heavy (non-hydrogen) atoms. The molecule has 1 aromatic heterocycles. The summed E-state index contributed by atoms with van der Waals surface area (Å²) in [4.78, 5) is 43.0. The lowest BCUT2D eigenvalue weighted by atomic mass is 10.0. The number of hydrazone groups is 1. The van der Waals surface area contributed by atoms with E-state index < -0.39 is 6.09 Å². The van der Waals surface area contributed by atoms with Gasteiger partial charge in [-0.1, -0.05) is 30.3 Å². The number of hydrogen-bond acceptors (Lipinski definition) is 5. The summed E-state index contributed by atoms with van der Waals surface area (Å²) < 4.78 is 0. The average molecular weight is 446 g/mol. The van der Waals surface area contributed by atoms with E-state index in [1.807, 2.05) is 41.3 Å². The van der Waals surface area contributed by atoms with E-state index in [9.17, 15) is 14.4 Å². The van der Waals surface area contributed by atoms with E-state index >= 15 is 0 Å². The maximum absolute atomic E-state index is 12.7. The largest absolute Gasteiger partial charge is 0.465 e. The molecule has 3 aromatic rings. The highest BCUT2D eigenvalue weighted by Crippen LogP contribution is 2.34. The van der Waals surface area contributed by atoms with Crippen LogP contribution in [0, 0.1) is 0 Å². The lowest BCUT2D eigenvalue weighted by Crippen LogP contribution is -2.50. The summed E-state index contributed by atoms with van der Waals surface area (Å²) in [6.07, 6.45) is 0.685. The molecule has 1 saturated heterocycles. The molecule has 3 amide bonds. The number of H-pyrrole nitrogens is 1. The normalized spacial score (nSPS) is 15.9. The Balaban J connectivity index is 1.41. The van der Waals surface area contributed by atoms with Gasteiger partial charge in [-0.3, -0.25) is 14.5 Å². The first-order valence-electron chi connectivity index (χ1n) is 10.6. The predicted molar refractivity (Wildman–Crippen MR) is 123 cm³/mol. The van der Waals surface area contributed by atoms with Crippen LogP contribution >= 0.6 is 0 Å². The van der Waals surface area contributed by atoms with Crippen LogP contribution in [0.25, 0.3) is 22.2 Å². The minimum absolute atomic E-state index is 0.140. The van der Waals surface area contributed by atoms with Crippen molar-refractivity contribution in [1.29, 1.82) is 0 Å². The molecule has 0 atom stereocenters. The zero-order valence-electron chi connectivity index (χ0n) is 17.7. The van der Waals surface area contributed by atoms with E-state index in [0.717, 1.165) is 27.7 Å². The smallest absolute Gasteiger partial charge is 0.407 e. The van der Waals surface area contributed by atoms with Gasteiger partial charge in [0.2, 0.25) is 5.91 Å². The number of carboxylic acid groups (broad SMARTS) is 1. The Bertz CT molecular complexity index is 1280. The maximum Gasteiger partial charge on any atom is 0.407 e. The number of amides is 3. The van der Waals surface area contributed by atoms with Gasteiger partial charge in [0.05, 0.1) is 24.0 Å². The second kappa shape index (κ2) is 8.40. The van der Waals surface area contributed by atoms with Crippen molar-refractivity contribution in [2.24, 2.45) is 5.10 Å². The Labute approximate surface area is 188 Å². The van der Waals surface area contributed by atoms with E-state index in [1.165, 1.54) is 4.90 Å². The van der Waals surface area contributed by atoms with E-state index in [2.05, 4.69) is 20.8 Å². The van der Waals surface area contributed by atoms with E-state index in [0.29, 0.717) is 37.4 Å². The summed E-state index contributed by atoms with van der Waals surface area (Å²) in [5.74, 6) is -0.583. The van der Waals surface area contributed by atoms with Crippen LogP contribution < -0.4 is 10.7 Å². The molecular weight excluding hydrogens is 424 g/mol. The quantitative estimate of drug-likeness (QED) is 0.488. The summed E-state index contributed by atoms with van der Waals surface area (Å²) in [5, 5.41) is 16.7. The monoisotopic (exact) mass is 446 g/mol. The summed E-state index contributed by atoms with van der Waals surface area (Å²) in [5.41, 5.74) is 6.76. The summed E-state index contributed by atoms with van der Waals surface area (Å²) >= 11 is 0. The molecule has 0 unspecified atom stereocenters. The van der Waals surface area contributed by atoms with Crippen molar-refractivity contribution >= 4 is 40.7 Å². The van der Waals surface area contributed by atoms with Crippen LogP contribution in [0.4, 0.5) is 10.5 Å². The Morgan fingerprint density at radius 1 is 1.09 bits per heavy atom. The lowest BCUT2D eigenvalue weighted by molar-refractivity contribution is -0.117. The molecule has 10 nitrogen and oxygen atoms in total. The van der Waals surface area contributed by atoms with Crippen LogP contribution in [0.1, 0.15) is 15.9 Å². The number of piperazine rings is 1. The zero-order valence-corrected chi connectivity index (χ0v) is 17.7. The minimum atomic E-state index is -0.945. The molecule has 5 rings (SSSR count). The van der Waals surface area contributed by atoms with Crippen molar-refractivity contribution < 1.29 is 19.5 Å². The molecule has 2 aliphatic rings. The molecule has 0 bridgehead atoms.